The number of nitrogens with zero attached hydrogens (tertiary/aromatic N) is 2. The molecule has 3 aromatic rings. The van der Waals surface area contributed by atoms with E-state index in [1.165, 1.54) is 40.6 Å². The fraction of sp³-hybridized carbons (Fsp3) is 0.308. The minimum atomic E-state index is -0.574. The SMILES string of the molecule is CNC(C)C(=O)Nc1cnc(-c2ccc(F)cc2)n(CC(=O)NC2CCCc3ccccc32)c1=O. The van der Waals surface area contributed by atoms with E-state index < -0.39 is 23.3 Å². The lowest BCUT2D eigenvalue weighted by Gasteiger charge is -2.26. The Kier molecular flexibility index (Phi) is 7.36. The van der Waals surface area contributed by atoms with Crippen LogP contribution in [-0.4, -0.2) is 34.5 Å². The average Bonchev–Trinajstić information content (AvgIpc) is 2.87. The highest BCUT2D eigenvalue weighted by molar-refractivity contribution is 5.94. The molecule has 0 spiro atoms. The minimum Gasteiger partial charge on any atom is -0.348 e. The van der Waals surface area contributed by atoms with Gasteiger partial charge in [0.05, 0.1) is 18.3 Å². The maximum absolute atomic E-state index is 13.5. The molecule has 0 aliphatic heterocycles. The Hall–Kier alpha value is -3.85. The number of halogens is 1. The molecule has 0 saturated heterocycles. The Balaban J connectivity index is 1.65. The highest BCUT2D eigenvalue weighted by atomic mass is 19.1. The maximum Gasteiger partial charge on any atom is 0.278 e. The van der Waals surface area contributed by atoms with Crippen molar-refractivity contribution < 1.29 is 14.0 Å². The lowest BCUT2D eigenvalue weighted by Crippen LogP contribution is -2.40. The number of carbonyl (C=O) groups is 2. The monoisotopic (exact) mass is 477 g/mol. The molecule has 0 fully saturated rings. The number of anilines is 1. The normalized spacial score (nSPS) is 15.7. The molecular weight excluding hydrogens is 449 g/mol. The number of nitrogens with one attached hydrogen (secondary N) is 3. The van der Waals surface area contributed by atoms with E-state index in [-0.39, 0.29) is 30.0 Å². The minimum absolute atomic E-state index is 0.0428. The molecule has 0 saturated carbocycles. The number of hydrogen-bond acceptors (Lipinski definition) is 5. The van der Waals surface area contributed by atoms with Crippen LogP contribution in [0.2, 0.25) is 0 Å². The standard InChI is InChI=1S/C26H28FN5O3/c1-16(28-2)25(34)31-22-14-29-24(18-10-12-19(27)13-11-18)32(26(22)35)15-23(33)30-21-9-5-7-17-6-3-4-8-20(17)21/h3-4,6,8,10-14,16,21,28H,5,7,9,15H2,1-2H3,(H,30,33)(H,31,34). The quantitative estimate of drug-likeness (QED) is 0.485. The van der Waals surface area contributed by atoms with Crippen molar-refractivity contribution in [1.29, 1.82) is 0 Å². The van der Waals surface area contributed by atoms with E-state index in [1.54, 1.807) is 14.0 Å². The molecule has 2 amide bonds. The van der Waals surface area contributed by atoms with Gasteiger partial charge < -0.3 is 16.0 Å². The summed E-state index contributed by atoms with van der Waals surface area (Å²) in [5, 5.41) is 8.42. The van der Waals surface area contributed by atoms with E-state index in [2.05, 4.69) is 27.0 Å². The second-order valence-corrected chi connectivity index (χ2v) is 8.60. The van der Waals surface area contributed by atoms with Gasteiger partial charge in [-0.25, -0.2) is 9.37 Å². The van der Waals surface area contributed by atoms with Gasteiger partial charge in [0.2, 0.25) is 11.8 Å². The molecule has 0 radical (unpaired) electrons. The average molecular weight is 478 g/mol. The Morgan fingerprint density at radius 1 is 1.17 bits per heavy atom. The summed E-state index contributed by atoms with van der Waals surface area (Å²) >= 11 is 0. The van der Waals surface area contributed by atoms with E-state index in [9.17, 15) is 18.8 Å². The zero-order valence-corrected chi connectivity index (χ0v) is 19.7. The molecule has 2 unspecified atom stereocenters. The van der Waals surface area contributed by atoms with Crippen LogP contribution in [0.3, 0.4) is 0 Å². The Bertz CT molecular complexity index is 1290. The van der Waals surface area contributed by atoms with Crippen LogP contribution in [0.25, 0.3) is 11.4 Å². The molecule has 2 aromatic carbocycles. The van der Waals surface area contributed by atoms with Crippen LogP contribution in [-0.2, 0) is 22.6 Å². The summed E-state index contributed by atoms with van der Waals surface area (Å²) in [6, 6.07) is 12.8. The zero-order valence-electron chi connectivity index (χ0n) is 19.7. The lowest BCUT2D eigenvalue weighted by atomic mass is 9.88. The number of amides is 2. The van der Waals surface area contributed by atoms with Crippen LogP contribution in [0.15, 0.2) is 59.5 Å². The zero-order chi connectivity index (χ0) is 24.9. The van der Waals surface area contributed by atoms with E-state index in [0.29, 0.717) is 5.56 Å². The van der Waals surface area contributed by atoms with Crippen molar-refractivity contribution in [3.8, 4) is 11.4 Å². The molecule has 35 heavy (non-hydrogen) atoms. The number of fused-ring (bicyclic) bond motifs is 1. The summed E-state index contributed by atoms with van der Waals surface area (Å²) in [5.74, 6) is -0.989. The largest absolute Gasteiger partial charge is 0.348 e. The molecule has 9 heteroatoms. The molecule has 2 atom stereocenters. The van der Waals surface area contributed by atoms with E-state index in [1.807, 2.05) is 18.2 Å². The van der Waals surface area contributed by atoms with Crippen molar-refractivity contribution in [3.63, 3.8) is 0 Å². The number of carbonyl (C=O) groups excluding carboxylic acids is 2. The number of likely N-dealkylation sites (N-methyl/N-ethyl adjacent to an activating group) is 1. The highest BCUT2D eigenvalue weighted by Crippen LogP contribution is 2.29. The fourth-order valence-electron chi connectivity index (χ4n) is 4.21. The molecule has 1 aromatic heterocycles. The number of aryl methyl sites for hydroxylation is 1. The summed E-state index contributed by atoms with van der Waals surface area (Å²) in [5.41, 5.74) is 2.14. The van der Waals surface area contributed by atoms with Gasteiger partial charge in [-0.1, -0.05) is 24.3 Å². The molecule has 1 aliphatic carbocycles. The first-order valence-corrected chi connectivity index (χ1v) is 11.6. The Labute approximate surface area is 202 Å². The van der Waals surface area contributed by atoms with Crippen LogP contribution in [0.5, 0.6) is 0 Å². The molecule has 0 bridgehead atoms. The van der Waals surface area contributed by atoms with Gasteiger partial charge in [-0.3, -0.25) is 19.0 Å². The first-order valence-electron chi connectivity index (χ1n) is 11.6. The summed E-state index contributed by atoms with van der Waals surface area (Å²) in [7, 11) is 1.63. The van der Waals surface area contributed by atoms with Crippen LogP contribution in [0.4, 0.5) is 10.1 Å². The van der Waals surface area contributed by atoms with Crippen molar-refractivity contribution in [1.82, 2.24) is 20.2 Å². The van der Waals surface area contributed by atoms with Crippen LogP contribution >= 0.6 is 0 Å². The Morgan fingerprint density at radius 3 is 2.66 bits per heavy atom. The van der Waals surface area contributed by atoms with Gasteiger partial charge in [0, 0.05) is 5.56 Å². The number of rotatable bonds is 7. The first-order chi connectivity index (χ1) is 16.9. The second kappa shape index (κ2) is 10.6. The molecule has 1 heterocycles. The Morgan fingerprint density at radius 2 is 1.91 bits per heavy atom. The predicted octanol–water partition coefficient (Wildman–Crippen LogP) is 2.79. The van der Waals surface area contributed by atoms with Gasteiger partial charge in [0.1, 0.15) is 23.9 Å². The molecule has 3 N–H and O–H groups in total. The predicted molar refractivity (Wildman–Crippen MR) is 131 cm³/mol. The number of hydrogen-bond donors (Lipinski definition) is 3. The van der Waals surface area contributed by atoms with Crippen molar-refractivity contribution >= 4 is 17.5 Å². The molecular formula is C26H28FN5O3. The van der Waals surface area contributed by atoms with Gasteiger partial charge in [-0.2, -0.15) is 0 Å². The topological polar surface area (TPSA) is 105 Å². The molecule has 182 valence electrons. The summed E-state index contributed by atoms with van der Waals surface area (Å²) in [4.78, 5) is 43.1. The first kappa shape index (κ1) is 24.3. The van der Waals surface area contributed by atoms with Gasteiger partial charge in [0.15, 0.2) is 0 Å². The van der Waals surface area contributed by atoms with E-state index >= 15 is 0 Å². The molecule has 1 aliphatic rings. The van der Waals surface area contributed by atoms with Gasteiger partial charge in [-0.05, 0) is 68.6 Å². The highest BCUT2D eigenvalue weighted by Gasteiger charge is 2.23. The van der Waals surface area contributed by atoms with Crippen molar-refractivity contribution in [3.05, 3.63) is 82.0 Å². The van der Waals surface area contributed by atoms with E-state index in [4.69, 9.17) is 0 Å². The van der Waals surface area contributed by atoms with Crippen LogP contribution in [0, 0.1) is 5.82 Å². The molecule has 4 rings (SSSR count). The van der Waals surface area contributed by atoms with Crippen LogP contribution < -0.4 is 21.5 Å². The van der Waals surface area contributed by atoms with Crippen molar-refractivity contribution in [2.45, 2.75) is 44.8 Å². The third-order valence-corrected chi connectivity index (χ3v) is 6.24. The van der Waals surface area contributed by atoms with Crippen molar-refractivity contribution in [2.75, 3.05) is 12.4 Å². The molecule has 8 nitrogen and oxygen atoms in total. The summed E-state index contributed by atoms with van der Waals surface area (Å²) < 4.78 is 14.7. The van der Waals surface area contributed by atoms with Gasteiger partial charge in [-0.15, -0.1) is 0 Å². The number of benzene rings is 2. The lowest BCUT2D eigenvalue weighted by molar-refractivity contribution is -0.122. The number of aromatic nitrogens is 2. The summed E-state index contributed by atoms with van der Waals surface area (Å²) in [6.07, 6.45) is 3.98. The maximum atomic E-state index is 13.5. The van der Waals surface area contributed by atoms with Crippen molar-refractivity contribution in [2.24, 2.45) is 0 Å². The second-order valence-electron chi connectivity index (χ2n) is 8.60. The van der Waals surface area contributed by atoms with Crippen LogP contribution in [0.1, 0.15) is 36.9 Å². The van der Waals surface area contributed by atoms with Gasteiger partial charge >= 0.3 is 0 Å². The third kappa shape index (κ3) is 5.46. The smallest absolute Gasteiger partial charge is 0.278 e. The summed E-state index contributed by atoms with van der Waals surface area (Å²) in [6.45, 7) is 1.35. The van der Waals surface area contributed by atoms with E-state index in [0.717, 1.165) is 24.8 Å². The van der Waals surface area contributed by atoms with Gasteiger partial charge in [0.25, 0.3) is 5.56 Å². The fourth-order valence-corrected chi connectivity index (χ4v) is 4.21. The third-order valence-electron chi connectivity index (χ3n) is 6.24.